The van der Waals surface area contributed by atoms with Crippen LogP contribution in [0.25, 0.3) is 5.69 Å². The molecule has 0 fully saturated rings. The van der Waals surface area contributed by atoms with Crippen LogP contribution in [-0.4, -0.2) is 47.1 Å². The molecule has 0 bridgehead atoms. The van der Waals surface area contributed by atoms with Crippen LogP contribution < -0.4 is 25.5 Å². The van der Waals surface area contributed by atoms with Gasteiger partial charge in [0.2, 0.25) is 18.4 Å². The molecule has 2 aromatic carbocycles. The van der Waals surface area contributed by atoms with E-state index in [2.05, 4.69) is 20.9 Å². The van der Waals surface area contributed by atoms with Crippen molar-refractivity contribution >= 4 is 15.9 Å². The molecule has 0 radical (unpaired) electrons. The molecule has 0 spiro atoms. The van der Waals surface area contributed by atoms with E-state index in [4.69, 9.17) is 14.2 Å². The van der Waals surface area contributed by atoms with Gasteiger partial charge in [0.05, 0.1) is 24.4 Å². The van der Waals surface area contributed by atoms with E-state index in [0.29, 0.717) is 41.5 Å². The lowest BCUT2D eigenvalue weighted by Gasteiger charge is -2.35. The minimum atomic E-state index is -0.727. The molecule has 0 amide bonds. The van der Waals surface area contributed by atoms with E-state index >= 15 is 0 Å². The summed E-state index contributed by atoms with van der Waals surface area (Å²) in [7, 11) is 3.38. The Balaban J connectivity index is 1.78. The summed E-state index contributed by atoms with van der Waals surface area (Å²) in [6, 6.07) is 8.05. The second-order valence-corrected chi connectivity index (χ2v) is 8.57. The highest BCUT2D eigenvalue weighted by Crippen LogP contribution is 2.51. The molecular weight excluding hydrogens is 482 g/mol. The Morgan fingerprint density at radius 1 is 1.19 bits per heavy atom. The van der Waals surface area contributed by atoms with Crippen LogP contribution >= 0.6 is 15.9 Å². The average molecular weight is 502 g/mol. The highest BCUT2D eigenvalue weighted by atomic mass is 79.9. The molecule has 0 aliphatic carbocycles. The zero-order valence-electron chi connectivity index (χ0n) is 17.3. The summed E-state index contributed by atoms with van der Waals surface area (Å²) in [5, 5.41) is 11.2. The van der Waals surface area contributed by atoms with E-state index in [1.165, 1.54) is 7.11 Å². The number of aromatic amines is 1. The Morgan fingerprint density at radius 3 is 2.66 bits per heavy atom. The fourth-order valence-corrected chi connectivity index (χ4v) is 4.68. The molecule has 2 aliphatic heterocycles. The fourth-order valence-electron chi connectivity index (χ4n) is 4.41. The van der Waals surface area contributed by atoms with Gasteiger partial charge < -0.3 is 19.3 Å². The number of rotatable bonds is 3. The number of benzene rings is 2. The Morgan fingerprint density at radius 2 is 1.94 bits per heavy atom. The molecule has 0 unspecified atom stereocenters. The van der Waals surface area contributed by atoms with Crippen LogP contribution in [-0.2, 0) is 6.42 Å². The van der Waals surface area contributed by atoms with Crippen LogP contribution in [0.3, 0.4) is 0 Å². The molecule has 0 saturated carbocycles. The van der Waals surface area contributed by atoms with Gasteiger partial charge in [-0.05, 0) is 49.4 Å². The predicted molar refractivity (Wildman–Crippen MR) is 119 cm³/mol. The number of methoxy groups -OCH3 is 1. The van der Waals surface area contributed by atoms with Gasteiger partial charge in [0.25, 0.3) is 5.56 Å². The number of hydrogen-bond donors (Lipinski definition) is 2. The van der Waals surface area contributed by atoms with Crippen LogP contribution in [0.4, 0.5) is 0 Å². The standard InChI is InChI=1S/C22H20BrN3O6/c1-25-8-7-11-9-14-18(32-10-31-14)19(30-2)15(11)17(25)16-20(27)24-22(29)26(21(16)28)13-5-3-12(23)4-6-13/h3-6,9,17,28H,7-8,10H2,1-2H3,(H,24,27,29)/t17-/m1/s1. The third kappa shape index (κ3) is 3.09. The van der Waals surface area contributed by atoms with Gasteiger partial charge in [-0.15, -0.1) is 0 Å². The van der Waals surface area contributed by atoms with E-state index in [1.54, 1.807) is 24.3 Å². The number of aromatic hydroxyl groups is 1. The maximum atomic E-state index is 13.0. The van der Waals surface area contributed by atoms with E-state index < -0.39 is 23.2 Å². The number of nitrogens with zero attached hydrogens (tertiary/aromatic N) is 2. The first-order chi connectivity index (χ1) is 15.4. The molecule has 166 valence electrons. The lowest BCUT2D eigenvalue weighted by Crippen LogP contribution is -2.39. The maximum absolute atomic E-state index is 13.0. The van der Waals surface area contributed by atoms with E-state index in [1.807, 2.05) is 18.0 Å². The quantitative estimate of drug-likeness (QED) is 0.567. The molecule has 2 N–H and O–H groups in total. The van der Waals surface area contributed by atoms with E-state index in [-0.39, 0.29) is 12.4 Å². The highest BCUT2D eigenvalue weighted by Gasteiger charge is 2.38. The number of H-pyrrole nitrogens is 1. The number of halogens is 1. The molecule has 3 heterocycles. The number of likely N-dealkylation sites (N-methyl/N-ethyl adjacent to an activating group) is 1. The number of aromatic nitrogens is 2. The van der Waals surface area contributed by atoms with Crippen molar-refractivity contribution in [2.75, 3.05) is 27.5 Å². The van der Waals surface area contributed by atoms with Crippen LogP contribution in [0.2, 0.25) is 0 Å². The molecule has 2 aliphatic rings. The monoisotopic (exact) mass is 501 g/mol. The van der Waals surface area contributed by atoms with Gasteiger partial charge in [-0.3, -0.25) is 14.7 Å². The summed E-state index contributed by atoms with van der Waals surface area (Å²) in [6.45, 7) is 0.701. The van der Waals surface area contributed by atoms with Gasteiger partial charge in [0.15, 0.2) is 11.5 Å². The Hall–Kier alpha value is -3.24. The van der Waals surface area contributed by atoms with E-state index in [0.717, 1.165) is 14.6 Å². The SMILES string of the molecule is COc1c2c(cc3c1[C@H](c1c(O)n(-c4ccc(Br)cc4)c(=O)[nH]c1=O)N(C)CC3)OCO2. The normalized spacial score (nSPS) is 17.3. The number of nitrogens with one attached hydrogen (secondary N) is 1. The molecule has 5 rings (SSSR count). The van der Waals surface area contributed by atoms with Crippen molar-refractivity contribution in [2.45, 2.75) is 12.5 Å². The predicted octanol–water partition coefficient (Wildman–Crippen LogP) is 2.31. The number of hydrogen-bond acceptors (Lipinski definition) is 7. The van der Waals surface area contributed by atoms with Gasteiger partial charge >= 0.3 is 5.69 Å². The first-order valence-corrected chi connectivity index (χ1v) is 10.7. The zero-order valence-corrected chi connectivity index (χ0v) is 18.9. The molecule has 10 heteroatoms. The van der Waals surface area contributed by atoms with Gasteiger partial charge in [-0.25, -0.2) is 9.36 Å². The number of fused-ring (bicyclic) bond motifs is 2. The van der Waals surface area contributed by atoms with Crippen LogP contribution in [0.1, 0.15) is 22.7 Å². The summed E-state index contributed by atoms with van der Waals surface area (Å²) < 4.78 is 18.8. The van der Waals surface area contributed by atoms with Crippen molar-refractivity contribution in [3.05, 3.63) is 72.3 Å². The van der Waals surface area contributed by atoms with Crippen molar-refractivity contribution in [3.8, 4) is 28.8 Å². The highest BCUT2D eigenvalue weighted by molar-refractivity contribution is 9.10. The summed E-state index contributed by atoms with van der Waals surface area (Å²) in [4.78, 5) is 30.0. The van der Waals surface area contributed by atoms with Crippen LogP contribution in [0.5, 0.6) is 23.1 Å². The summed E-state index contributed by atoms with van der Waals surface area (Å²) >= 11 is 3.36. The lowest BCUT2D eigenvalue weighted by atomic mass is 9.87. The van der Waals surface area contributed by atoms with Gasteiger partial charge in [-0.1, -0.05) is 15.9 Å². The van der Waals surface area contributed by atoms with Crippen molar-refractivity contribution < 1.29 is 19.3 Å². The minimum Gasteiger partial charge on any atom is -0.494 e. The third-order valence-electron chi connectivity index (χ3n) is 5.87. The van der Waals surface area contributed by atoms with Gasteiger partial charge in [-0.2, -0.15) is 0 Å². The molecule has 1 aromatic heterocycles. The maximum Gasteiger partial charge on any atom is 0.335 e. The summed E-state index contributed by atoms with van der Waals surface area (Å²) in [5.74, 6) is 1.07. The zero-order chi connectivity index (χ0) is 22.6. The topological polar surface area (TPSA) is 106 Å². The summed E-state index contributed by atoms with van der Waals surface area (Å²) in [5.41, 5.74) is 0.708. The lowest BCUT2D eigenvalue weighted by molar-refractivity contribution is 0.170. The second kappa shape index (κ2) is 7.72. The van der Waals surface area contributed by atoms with Crippen LogP contribution in [0, 0.1) is 0 Å². The molecular formula is C22H20BrN3O6. The number of ether oxygens (including phenoxy) is 3. The van der Waals surface area contributed by atoms with Gasteiger partial charge in [0, 0.05) is 16.6 Å². The fraction of sp³-hybridized carbons (Fsp3) is 0.273. The Bertz CT molecular complexity index is 1330. The minimum absolute atomic E-state index is 0.0492. The first kappa shape index (κ1) is 20.7. The largest absolute Gasteiger partial charge is 0.494 e. The Labute approximate surface area is 190 Å². The smallest absolute Gasteiger partial charge is 0.335 e. The average Bonchev–Trinajstić information content (AvgIpc) is 3.23. The van der Waals surface area contributed by atoms with Crippen molar-refractivity contribution in [1.82, 2.24) is 14.5 Å². The molecule has 1 atom stereocenters. The van der Waals surface area contributed by atoms with Crippen LogP contribution in [0.15, 0.2) is 44.4 Å². The van der Waals surface area contributed by atoms with Crippen molar-refractivity contribution in [2.24, 2.45) is 0 Å². The van der Waals surface area contributed by atoms with Crippen molar-refractivity contribution in [1.29, 1.82) is 0 Å². The third-order valence-corrected chi connectivity index (χ3v) is 6.40. The first-order valence-electron chi connectivity index (χ1n) is 9.94. The molecule has 32 heavy (non-hydrogen) atoms. The Kier molecular flexibility index (Phi) is 4.98. The summed E-state index contributed by atoms with van der Waals surface area (Å²) in [6.07, 6.45) is 0.695. The van der Waals surface area contributed by atoms with Crippen molar-refractivity contribution in [3.63, 3.8) is 0 Å². The molecule has 3 aromatic rings. The van der Waals surface area contributed by atoms with E-state index in [9.17, 15) is 14.7 Å². The van der Waals surface area contributed by atoms with Gasteiger partial charge in [0.1, 0.15) is 0 Å². The molecule has 9 nitrogen and oxygen atoms in total. The second-order valence-electron chi connectivity index (χ2n) is 7.66. The molecule has 0 saturated heterocycles.